The van der Waals surface area contributed by atoms with Gasteiger partial charge in [-0.15, -0.1) is 0 Å². The summed E-state index contributed by atoms with van der Waals surface area (Å²) in [5, 5.41) is 0.977. The summed E-state index contributed by atoms with van der Waals surface area (Å²) in [4.78, 5) is 8.23. The van der Waals surface area contributed by atoms with Crippen molar-refractivity contribution in [3.8, 4) is 0 Å². The number of allylic oxidation sites excluding steroid dienone is 2. The third-order valence-electron chi connectivity index (χ3n) is 3.52. The van der Waals surface area contributed by atoms with Crippen molar-refractivity contribution in [2.75, 3.05) is 5.73 Å². The van der Waals surface area contributed by atoms with Crippen molar-refractivity contribution in [1.29, 1.82) is 0 Å². The first kappa shape index (κ1) is 11.9. The predicted octanol–water partition coefficient (Wildman–Crippen LogP) is 2.14. The zero-order valence-corrected chi connectivity index (χ0v) is 10.7. The van der Waals surface area contributed by atoms with E-state index in [9.17, 15) is 0 Å². The van der Waals surface area contributed by atoms with E-state index in [1.807, 2.05) is 37.3 Å². The Morgan fingerprint density at radius 3 is 2.89 bits per heavy atom. The van der Waals surface area contributed by atoms with Crippen molar-refractivity contribution in [2.24, 2.45) is 5.73 Å². The van der Waals surface area contributed by atoms with E-state index in [4.69, 9.17) is 11.5 Å². The number of aromatic nitrogens is 2. The first-order chi connectivity index (χ1) is 9.06. The van der Waals surface area contributed by atoms with Gasteiger partial charge < -0.3 is 11.5 Å². The van der Waals surface area contributed by atoms with E-state index in [2.05, 4.69) is 22.1 Å². The summed E-state index contributed by atoms with van der Waals surface area (Å²) < 4.78 is 0. The average molecular weight is 252 g/mol. The Hall–Kier alpha value is -2.20. The molecule has 2 unspecified atom stereocenters. The molecule has 1 aliphatic rings. The maximum Gasteiger partial charge on any atom is 0.220 e. The van der Waals surface area contributed by atoms with E-state index in [1.54, 1.807) is 6.20 Å². The highest BCUT2D eigenvalue weighted by Crippen LogP contribution is 2.32. The fraction of sp³-hybridized carbons (Fsp3) is 0.200. The molecule has 0 amide bonds. The Balaban J connectivity index is 2.09. The monoisotopic (exact) mass is 252 g/mol. The highest BCUT2D eigenvalue weighted by atomic mass is 15.0. The van der Waals surface area contributed by atoms with Gasteiger partial charge in [0.2, 0.25) is 5.95 Å². The number of anilines is 1. The maximum atomic E-state index is 6.33. The van der Waals surface area contributed by atoms with Gasteiger partial charge in [-0.2, -0.15) is 0 Å². The summed E-state index contributed by atoms with van der Waals surface area (Å²) >= 11 is 0. The molecule has 96 valence electrons. The van der Waals surface area contributed by atoms with Gasteiger partial charge in [-0.1, -0.05) is 30.4 Å². The van der Waals surface area contributed by atoms with Crippen LogP contribution in [0.4, 0.5) is 5.95 Å². The minimum Gasteiger partial charge on any atom is -0.368 e. The van der Waals surface area contributed by atoms with Gasteiger partial charge in [-0.3, -0.25) is 0 Å². The van der Waals surface area contributed by atoms with E-state index in [0.29, 0.717) is 5.95 Å². The van der Waals surface area contributed by atoms with Crippen LogP contribution >= 0.6 is 0 Å². The van der Waals surface area contributed by atoms with Gasteiger partial charge in [-0.05, 0) is 24.6 Å². The smallest absolute Gasteiger partial charge is 0.220 e. The molecule has 3 rings (SSSR count). The van der Waals surface area contributed by atoms with Gasteiger partial charge in [0, 0.05) is 23.0 Å². The number of fused-ring (bicyclic) bond motifs is 1. The standard InChI is InChI=1S/C15H16N4/c1-15(17)7-3-2-4-12(15)10-5-6-13-11(8-10)9-18-14(16)19-13/h2-9,12H,17H2,1H3,(H2,16,18,19). The molecule has 4 nitrogen and oxygen atoms in total. The predicted molar refractivity (Wildman–Crippen MR) is 77.6 cm³/mol. The largest absolute Gasteiger partial charge is 0.368 e. The number of hydrogen-bond acceptors (Lipinski definition) is 4. The zero-order chi connectivity index (χ0) is 13.5. The number of benzene rings is 1. The second-order valence-corrected chi connectivity index (χ2v) is 5.13. The Bertz CT molecular complexity index is 686. The summed E-state index contributed by atoms with van der Waals surface area (Å²) in [7, 11) is 0. The fourth-order valence-corrected chi connectivity index (χ4v) is 2.48. The number of nitrogens with two attached hydrogens (primary N) is 2. The molecule has 1 aliphatic carbocycles. The van der Waals surface area contributed by atoms with Crippen LogP contribution in [0.15, 0.2) is 48.7 Å². The molecular weight excluding hydrogens is 236 g/mol. The van der Waals surface area contributed by atoms with Gasteiger partial charge in [-0.25, -0.2) is 9.97 Å². The van der Waals surface area contributed by atoms with Crippen LogP contribution < -0.4 is 11.5 Å². The van der Waals surface area contributed by atoms with Crippen molar-refractivity contribution < 1.29 is 0 Å². The Kier molecular flexibility index (Phi) is 2.61. The van der Waals surface area contributed by atoms with Gasteiger partial charge >= 0.3 is 0 Å². The topological polar surface area (TPSA) is 77.8 Å². The van der Waals surface area contributed by atoms with Gasteiger partial charge in [0.1, 0.15) is 0 Å². The second-order valence-electron chi connectivity index (χ2n) is 5.13. The number of nitrogen functional groups attached to an aromatic ring is 1. The third kappa shape index (κ3) is 2.11. The van der Waals surface area contributed by atoms with Crippen molar-refractivity contribution in [3.05, 3.63) is 54.3 Å². The van der Waals surface area contributed by atoms with Gasteiger partial charge in [0.25, 0.3) is 0 Å². The molecular formula is C15H16N4. The molecule has 19 heavy (non-hydrogen) atoms. The van der Waals surface area contributed by atoms with Gasteiger partial charge in [0.15, 0.2) is 0 Å². The summed E-state index contributed by atoms with van der Waals surface area (Å²) in [6.45, 7) is 2.03. The van der Waals surface area contributed by atoms with Crippen molar-refractivity contribution >= 4 is 16.9 Å². The molecule has 0 bridgehead atoms. The van der Waals surface area contributed by atoms with Crippen LogP contribution in [0.1, 0.15) is 18.4 Å². The number of rotatable bonds is 1. The summed E-state index contributed by atoms with van der Waals surface area (Å²) in [5.74, 6) is 0.448. The lowest BCUT2D eigenvalue weighted by Crippen LogP contribution is -2.40. The molecule has 1 aromatic carbocycles. The average Bonchev–Trinajstić information content (AvgIpc) is 2.38. The van der Waals surface area contributed by atoms with Crippen LogP contribution in [0.5, 0.6) is 0 Å². The van der Waals surface area contributed by atoms with Crippen molar-refractivity contribution in [1.82, 2.24) is 9.97 Å². The molecule has 0 fully saturated rings. The normalized spacial score (nSPS) is 25.9. The van der Waals surface area contributed by atoms with E-state index in [0.717, 1.165) is 16.5 Å². The molecule has 0 saturated heterocycles. The van der Waals surface area contributed by atoms with Crippen LogP contribution in [0.3, 0.4) is 0 Å². The van der Waals surface area contributed by atoms with Crippen LogP contribution in [0.25, 0.3) is 10.9 Å². The highest BCUT2D eigenvalue weighted by molar-refractivity contribution is 5.79. The van der Waals surface area contributed by atoms with Crippen LogP contribution in [-0.4, -0.2) is 15.5 Å². The summed E-state index contributed by atoms with van der Waals surface area (Å²) in [5.41, 5.74) is 13.6. The fourth-order valence-electron chi connectivity index (χ4n) is 2.48. The van der Waals surface area contributed by atoms with E-state index in [-0.39, 0.29) is 11.5 Å². The molecule has 4 N–H and O–H groups in total. The summed E-state index contributed by atoms with van der Waals surface area (Å²) in [6, 6.07) is 6.09. The van der Waals surface area contributed by atoms with Crippen LogP contribution in [0, 0.1) is 0 Å². The van der Waals surface area contributed by atoms with Crippen LogP contribution in [0.2, 0.25) is 0 Å². The second kappa shape index (κ2) is 4.17. The first-order valence-corrected chi connectivity index (χ1v) is 6.23. The number of hydrogen-bond donors (Lipinski definition) is 2. The summed E-state index contributed by atoms with van der Waals surface area (Å²) in [6.07, 6.45) is 9.92. The molecule has 0 aliphatic heterocycles. The lowest BCUT2D eigenvalue weighted by molar-refractivity contribution is 0.519. The first-order valence-electron chi connectivity index (χ1n) is 6.23. The Morgan fingerprint density at radius 1 is 1.26 bits per heavy atom. The highest BCUT2D eigenvalue weighted by Gasteiger charge is 2.28. The molecule has 4 heteroatoms. The van der Waals surface area contributed by atoms with Gasteiger partial charge in [0.05, 0.1) is 5.52 Å². The molecule has 1 heterocycles. The minimum atomic E-state index is -0.378. The molecule has 2 atom stereocenters. The molecule has 1 aromatic heterocycles. The molecule has 0 saturated carbocycles. The molecule has 0 spiro atoms. The lowest BCUT2D eigenvalue weighted by atomic mass is 9.78. The molecule has 2 aromatic rings. The Labute approximate surface area is 111 Å². The van der Waals surface area contributed by atoms with E-state index >= 15 is 0 Å². The minimum absolute atomic E-state index is 0.152. The van der Waals surface area contributed by atoms with E-state index < -0.39 is 0 Å². The number of nitrogens with zero attached hydrogens (tertiary/aromatic N) is 2. The van der Waals surface area contributed by atoms with Crippen molar-refractivity contribution in [2.45, 2.75) is 18.4 Å². The quantitative estimate of drug-likeness (QED) is 0.815. The lowest BCUT2D eigenvalue weighted by Gasteiger charge is -2.31. The third-order valence-corrected chi connectivity index (χ3v) is 3.52. The maximum absolute atomic E-state index is 6.33. The van der Waals surface area contributed by atoms with Crippen molar-refractivity contribution in [3.63, 3.8) is 0 Å². The SMILES string of the molecule is CC1(N)C=CC=CC1c1ccc2nc(N)ncc2c1. The zero-order valence-electron chi connectivity index (χ0n) is 10.7. The van der Waals surface area contributed by atoms with E-state index in [1.165, 1.54) is 0 Å². The Morgan fingerprint density at radius 2 is 2.11 bits per heavy atom. The van der Waals surface area contributed by atoms with Crippen LogP contribution in [-0.2, 0) is 0 Å². The molecule has 0 radical (unpaired) electrons.